The fourth-order valence-electron chi connectivity index (χ4n) is 3.91. The molecule has 3 aromatic heterocycles. The number of likely N-dealkylation sites (tertiary alicyclic amines) is 1. The second-order valence-corrected chi connectivity index (χ2v) is 8.59. The standard InChI is InChI=1S/C21H26N8OS/c1-13-17(14(2)28(4)27-13)7-8-20(30)29-9-5-6-16(11-29)18-10-19(24-15(3)23-18)25-21-26-22-12-31-21/h7-8,10,12,16H,5-6,9,11H2,1-4H3,(H,23,24,25,26)/b8-7+/t16-/m1/s1. The summed E-state index contributed by atoms with van der Waals surface area (Å²) in [6.45, 7) is 7.24. The summed E-state index contributed by atoms with van der Waals surface area (Å²) in [5.41, 5.74) is 5.59. The number of carbonyl (C=O) groups is 1. The minimum absolute atomic E-state index is 0.0188. The summed E-state index contributed by atoms with van der Waals surface area (Å²) < 4.78 is 1.83. The molecule has 1 amide bonds. The molecule has 1 aliphatic rings. The number of hydrogen-bond donors (Lipinski definition) is 1. The van der Waals surface area contributed by atoms with Crippen LogP contribution < -0.4 is 5.32 Å². The maximum absolute atomic E-state index is 12.9. The van der Waals surface area contributed by atoms with Gasteiger partial charge in [0.15, 0.2) is 0 Å². The Bertz CT molecular complexity index is 1110. The lowest BCUT2D eigenvalue weighted by atomic mass is 9.94. The van der Waals surface area contributed by atoms with Gasteiger partial charge < -0.3 is 10.2 Å². The minimum Gasteiger partial charge on any atom is -0.338 e. The van der Waals surface area contributed by atoms with Gasteiger partial charge in [0.1, 0.15) is 17.2 Å². The number of rotatable bonds is 5. The van der Waals surface area contributed by atoms with Gasteiger partial charge in [0, 0.05) is 49.5 Å². The molecular formula is C21H26N8OS. The molecular weight excluding hydrogens is 412 g/mol. The molecule has 9 nitrogen and oxygen atoms in total. The highest BCUT2D eigenvalue weighted by Gasteiger charge is 2.25. The van der Waals surface area contributed by atoms with E-state index in [-0.39, 0.29) is 11.8 Å². The third kappa shape index (κ3) is 4.79. The second-order valence-electron chi connectivity index (χ2n) is 7.76. The zero-order chi connectivity index (χ0) is 22.0. The Morgan fingerprint density at radius 3 is 2.84 bits per heavy atom. The highest BCUT2D eigenvalue weighted by molar-refractivity contribution is 7.13. The first-order valence-corrected chi connectivity index (χ1v) is 11.1. The van der Waals surface area contributed by atoms with Crippen molar-refractivity contribution in [1.29, 1.82) is 0 Å². The van der Waals surface area contributed by atoms with Crippen LogP contribution >= 0.6 is 11.3 Å². The molecule has 4 rings (SSSR count). The van der Waals surface area contributed by atoms with Gasteiger partial charge in [-0.1, -0.05) is 11.3 Å². The molecule has 4 heterocycles. The zero-order valence-corrected chi connectivity index (χ0v) is 19.0. The van der Waals surface area contributed by atoms with E-state index in [2.05, 4.69) is 30.6 Å². The second kappa shape index (κ2) is 8.93. The summed E-state index contributed by atoms with van der Waals surface area (Å²) in [5.74, 6) is 1.58. The highest BCUT2D eigenvalue weighted by Crippen LogP contribution is 2.28. The van der Waals surface area contributed by atoms with E-state index in [9.17, 15) is 4.79 Å². The van der Waals surface area contributed by atoms with Crippen LogP contribution in [0, 0.1) is 20.8 Å². The van der Waals surface area contributed by atoms with Gasteiger partial charge in [0.2, 0.25) is 11.0 Å². The number of aromatic nitrogens is 6. The number of carbonyl (C=O) groups excluding carboxylic acids is 1. The quantitative estimate of drug-likeness (QED) is 0.611. The molecule has 0 bridgehead atoms. The summed E-state index contributed by atoms with van der Waals surface area (Å²) in [5, 5.41) is 16.1. The van der Waals surface area contributed by atoms with Gasteiger partial charge in [-0.3, -0.25) is 9.48 Å². The van der Waals surface area contributed by atoms with Gasteiger partial charge in [0.05, 0.1) is 11.4 Å². The summed E-state index contributed by atoms with van der Waals surface area (Å²) in [7, 11) is 1.91. The van der Waals surface area contributed by atoms with E-state index in [1.165, 1.54) is 11.3 Å². The summed E-state index contributed by atoms with van der Waals surface area (Å²) in [4.78, 5) is 23.9. The molecule has 0 spiro atoms. The summed E-state index contributed by atoms with van der Waals surface area (Å²) in [6.07, 6.45) is 5.47. The largest absolute Gasteiger partial charge is 0.338 e. The third-order valence-electron chi connectivity index (χ3n) is 5.56. The number of amides is 1. The monoisotopic (exact) mass is 438 g/mol. The van der Waals surface area contributed by atoms with Crippen molar-refractivity contribution in [3.05, 3.63) is 46.1 Å². The van der Waals surface area contributed by atoms with Crippen molar-refractivity contribution >= 4 is 34.3 Å². The normalized spacial score (nSPS) is 16.8. The van der Waals surface area contributed by atoms with E-state index in [0.29, 0.717) is 23.3 Å². The molecule has 0 aliphatic carbocycles. The van der Waals surface area contributed by atoms with Crippen molar-refractivity contribution < 1.29 is 4.79 Å². The number of piperidine rings is 1. The Morgan fingerprint density at radius 1 is 1.29 bits per heavy atom. The smallest absolute Gasteiger partial charge is 0.246 e. The lowest BCUT2D eigenvalue weighted by molar-refractivity contribution is -0.127. The van der Waals surface area contributed by atoms with Gasteiger partial charge in [-0.15, -0.1) is 10.2 Å². The topological polar surface area (TPSA) is 102 Å². The van der Waals surface area contributed by atoms with Gasteiger partial charge in [-0.2, -0.15) is 5.10 Å². The van der Waals surface area contributed by atoms with Crippen molar-refractivity contribution in [2.24, 2.45) is 7.05 Å². The molecule has 0 unspecified atom stereocenters. The van der Waals surface area contributed by atoms with E-state index in [1.807, 2.05) is 49.5 Å². The predicted molar refractivity (Wildman–Crippen MR) is 120 cm³/mol. The predicted octanol–water partition coefficient (Wildman–Crippen LogP) is 3.15. The van der Waals surface area contributed by atoms with Crippen LogP contribution in [0.5, 0.6) is 0 Å². The maximum atomic E-state index is 12.9. The third-order valence-corrected chi connectivity index (χ3v) is 6.17. The van der Waals surface area contributed by atoms with Crippen LogP contribution in [0.4, 0.5) is 10.9 Å². The Morgan fingerprint density at radius 2 is 2.13 bits per heavy atom. The Kier molecular flexibility index (Phi) is 6.08. The van der Waals surface area contributed by atoms with Crippen molar-refractivity contribution in [1.82, 2.24) is 34.8 Å². The first kappa shape index (κ1) is 21.1. The molecule has 31 heavy (non-hydrogen) atoms. The lowest BCUT2D eigenvalue weighted by Gasteiger charge is -2.32. The van der Waals surface area contributed by atoms with E-state index in [4.69, 9.17) is 0 Å². The van der Waals surface area contributed by atoms with Gasteiger partial charge in [-0.05, 0) is 39.7 Å². The first-order chi connectivity index (χ1) is 14.9. The molecule has 1 aliphatic heterocycles. The SMILES string of the molecule is Cc1nc(Nc2nncs2)cc([C@@H]2CCCN(C(=O)/C=C/c3c(C)nn(C)c3C)C2)n1. The molecule has 10 heteroatoms. The Balaban J connectivity index is 1.47. The van der Waals surface area contributed by atoms with E-state index >= 15 is 0 Å². The van der Waals surface area contributed by atoms with Crippen LogP contribution in [0.2, 0.25) is 0 Å². The van der Waals surface area contributed by atoms with Crippen molar-refractivity contribution in [3.8, 4) is 0 Å². The average molecular weight is 439 g/mol. The number of anilines is 2. The van der Waals surface area contributed by atoms with Crippen molar-refractivity contribution in [3.63, 3.8) is 0 Å². The number of nitrogens with zero attached hydrogens (tertiary/aromatic N) is 7. The van der Waals surface area contributed by atoms with Crippen LogP contribution in [0.25, 0.3) is 6.08 Å². The van der Waals surface area contributed by atoms with Crippen LogP contribution in [-0.4, -0.2) is 53.8 Å². The summed E-state index contributed by atoms with van der Waals surface area (Å²) >= 11 is 1.42. The van der Waals surface area contributed by atoms with Crippen LogP contribution in [0.3, 0.4) is 0 Å². The first-order valence-electron chi connectivity index (χ1n) is 10.3. The minimum atomic E-state index is 0.0188. The molecule has 1 fully saturated rings. The molecule has 0 aromatic carbocycles. The maximum Gasteiger partial charge on any atom is 0.246 e. The van der Waals surface area contributed by atoms with Crippen molar-refractivity contribution in [2.75, 3.05) is 18.4 Å². The number of aryl methyl sites for hydroxylation is 3. The fourth-order valence-corrected chi connectivity index (χ4v) is 4.36. The summed E-state index contributed by atoms with van der Waals surface area (Å²) in [6, 6.07) is 1.95. The molecule has 162 valence electrons. The Hall–Kier alpha value is -3.14. The molecule has 0 saturated carbocycles. The van der Waals surface area contributed by atoms with Crippen LogP contribution in [0.1, 0.15) is 47.2 Å². The average Bonchev–Trinajstić information content (AvgIpc) is 3.34. The van der Waals surface area contributed by atoms with Crippen LogP contribution in [-0.2, 0) is 11.8 Å². The molecule has 1 atom stereocenters. The van der Waals surface area contributed by atoms with Crippen LogP contribution in [0.15, 0.2) is 17.7 Å². The molecule has 1 saturated heterocycles. The van der Waals surface area contributed by atoms with E-state index in [0.717, 1.165) is 42.0 Å². The molecule has 3 aromatic rings. The molecule has 1 N–H and O–H groups in total. The van der Waals surface area contributed by atoms with Gasteiger partial charge >= 0.3 is 0 Å². The number of hydrogen-bond acceptors (Lipinski definition) is 8. The van der Waals surface area contributed by atoms with E-state index in [1.54, 1.807) is 11.6 Å². The highest BCUT2D eigenvalue weighted by atomic mass is 32.1. The van der Waals surface area contributed by atoms with Gasteiger partial charge in [-0.25, -0.2) is 9.97 Å². The lowest BCUT2D eigenvalue weighted by Crippen LogP contribution is -2.38. The molecule has 0 radical (unpaired) electrons. The van der Waals surface area contributed by atoms with Crippen molar-refractivity contribution in [2.45, 2.75) is 39.5 Å². The van der Waals surface area contributed by atoms with E-state index < -0.39 is 0 Å². The fraction of sp³-hybridized carbons (Fsp3) is 0.429. The zero-order valence-electron chi connectivity index (χ0n) is 18.2. The number of nitrogens with one attached hydrogen (secondary N) is 1. The Labute approximate surface area is 185 Å². The van der Waals surface area contributed by atoms with Gasteiger partial charge in [0.25, 0.3) is 0 Å².